The first-order chi connectivity index (χ1) is 10.5. The maximum absolute atomic E-state index is 12.3. The molecule has 6 heteroatoms. The van der Waals surface area contributed by atoms with Gasteiger partial charge in [0.1, 0.15) is 5.75 Å². The Kier molecular flexibility index (Phi) is 5.89. The van der Waals surface area contributed by atoms with Gasteiger partial charge in [-0.25, -0.2) is 0 Å². The van der Waals surface area contributed by atoms with E-state index in [9.17, 15) is 18.7 Å². The fourth-order valence-corrected chi connectivity index (χ4v) is 2.46. The maximum Gasteiger partial charge on any atom is 0.387 e. The van der Waals surface area contributed by atoms with Crippen LogP contribution in [0.5, 0.6) is 5.75 Å². The molecular formula is C16H19F2NO3. The molecule has 22 heavy (non-hydrogen) atoms. The number of hydrogen-bond acceptors (Lipinski definition) is 3. The summed E-state index contributed by atoms with van der Waals surface area (Å²) >= 11 is 0. The normalized spacial score (nSPS) is 22.0. The van der Waals surface area contributed by atoms with Crippen molar-refractivity contribution in [3.8, 4) is 5.75 Å². The van der Waals surface area contributed by atoms with Gasteiger partial charge in [-0.05, 0) is 37.8 Å². The van der Waals surface area contributed by atoms with Crippen molar-refractivity contribution in [3.63, 3.8) is 0 Å². The first kappa shape index (κ1) is 16.4. The number of rotatable bonds is 5. The van der Waals surface area contributed by atoms with Gasteiger partial charge in [0.25, 0.3) is 0 Å². The highest BCUT2D eigenvalue weighted by molar-refractivity contribution is 5.92. The summed E-state index contributed by atoms with van der Waals surface area (Å²) in [4.78, 5) is 11.9. The summed E-state index contributed by atoms with van der Waals surface area (Å²) in [5, 5.41) is 12.3. The highest BCUT2D eigenvalue weighted by Gasteiger charge is 2.19. The van der Waals surface area contributed by atoms with E-state index in [1.165, 1.54) is 18.2 Å². The molecule has 1 aliphatic rings. The van der Waals surface area contributed by atoms with Crippen molar-refractivity contribution in [2.24, 2.45) is 0 Å². The van der Waals surface area contributed by atoms with Crippen LogP contribution in [-0.2, 0) is 4.79 Å². The van der Waals surface area contributed by atoms with Crippen LogP contribution in [0.3, 0.4) is 0 Å². The molecule has 0 atom stereocenters. The number of carbonyl (C=O) groups is 1. The molecule has 4 nitrogen and oxygen atoms in total. The second-order valence-electron chi connectivity index (χ2n) is 5.26. The number of aliphatic hydroxyl groups excluding tert-OH is 1. The third-order valence-electron chi connectivity index (χ3n) is 3.59. The smallest absolute Gasteiger partial charge is 0.387 e. The lowest BCUT2D eigenvalue weighted by molar-refractivity contribution is -0.117. The van der Waals surface area contributed by atoms with Crippen molar-refractivity contribution in [2.75, 3.05) is 0 Å². The Morgan fingerprint density at radius 1 is 1.27 bits per heavy atom. The highest BCUT2D eigenvalue weighted by Crippen LogP contribution is 2.22. The maximum atomic E-state index is 12.3. The lowest BCUT2D eigenvalue weighted by Gasteiger charge is -2.25. The standard InChI is InChI=1S/C16H19F2NO3/c17-16(18)22-14-4-2-1-3-11(14)5-10-15(21)19-12-6-8-13(20)9-7-12/h1-5,10,12-13,16,20H,6-9H2,(H,19,21). The topological polar surface area (TPSA) is 58.6 Å². The quantitative estimate of drug-likeness (QED) is 0.822. The number of hydrogen-bond donors (Lipinski definition) is 2. The average Bonchev–Trinajstić information content (AvgIpc) is 2.48. The minimum absolute atomic E-state index is 0.0299. The average molecular weight is 311 g/mol. The number of amides is 1. The van der Waals surface area contributed by atoms with Gasteiger partial charge in [0.05, 0.1) is 6.10 Å². The van der Waals surface area contributed by atoms with Crippen molar-refractivity contribution in [3.05, 3.63) is 35.9 Å². The second kappa shape index (κ2) is 7.89. The van der Waals surface area contributed by atoms with Crippen LogP contribution in [-0.4, -0.2) is 29.8 Å². The van der Waals surface area contributed by atoms with E-state index in [4.69, 9.17) is 0 Å². The van der Waals surface area contributed by atoms with E-state index >= 15 is 0 Å². The van der Waals surface area contributed by atoms with Crippen LogP contribution in [0.15, 0.2) is 30.3 Å². The third kappa shape index (κ3) is 5.11. The van der Waals surface area contributed by atoms with Gasteiger partial charge < -0.3 is 15.2 Å². The number of halogens is 2. The van der Waals surface area contributed by atoms with Crippen molar-refractivity contribution in [2.45, 2.75) is 44.4 Å². The Balaban J connectivity index is 1.92. The van der Waals surface area contributed by atoms with Gasteiger partial charge in [-0.15, -0.1) is 0 Å². The minimum atomic E-state index is -2.91. The van der Waals surface area contributed by atoms with Crippen molar-refractivity contribution >= 4 is 12.0 Å². The van der Waals surface area contributed by atoms with Crippen LogP contribution >= 0.6 is 0 Å². The molecular weight excluding hydrogens is 292 g/mol. The van der Waals surface area contributed by atoms with E-state index in [1.807, 2.05) is 0 Å². The number of benzene rings is 1. The monoisotopic (exact) mass is 311 g/mol. The molecule has 2 N–H and O–H groups in total. The molecule has 1 amide bonds. The molecule has 1 saturated carbocycles. The van der Waals surface area contributed by atoms with Crippen LogP contribution < -0.4 is 10.1 Å². The van der Waals surface area contributed by atoms with Crippen molar-refractivity contribution < 1.29 is 23.4 Å². The number of ether oxygens (including phenoxy) is 1. The van der Waals surface area contributed by atoms with Gasteiger partial charge in [-0.1, -0.05) is 18.2 Å². The number of para-hydroxylation sites is 1. The zero-order valence-electron chi connectivity index (χ0n) is 12.0. The largest absolute Gasteiger partial charge is 0.434 e. The van der Waals surface area contributed by atoms with E-state index < -0.39 is 6.61 Å². The summed E-state index contributed by atoms with van der Waals surface area (Å²) in [6.45, 7) is -2.91. The molecule has 1 aromatic rings. The highest BCUT2D eigenvalue weighted by atomic mass is 19.3. The Morgan fingerprint density at radius 2 is 1.95 bits per heavy atom. The summed E-state index contributed by atoms with van der Waals surface area (Å²) in [7, 11) is 0. The van der Waals surface area contributed by atoms with Gasteiger partial charge in [-0.3, -0.25) is 4.79 Å². The molecule has 0 saturated heterocycles. The van der Waals surface area contributed by atoms with E-state index in [2.05, 4.69) is 10.1 Å². The molecule has 1 fully saturated rings. The van der Waals surface area contributed by atoms with Crippen LogP contribution in [0.2, 0.25) is 0 Å². The molecule has 0 aromatic heterocycles. The van der Waals surface area contributed by atoms with Crippen LogP contribution in [0.25, 0.3) is 6.08 Å². The van der Waals surface area contributed by atoms with Gasteiger partial charge in [-0.2, -0.15) is 8.78 Å². The molecule has 0 radical (unpaired) electrons. The van der Waals surface area contributed by atoms with Gasteiger partial charge in [0.2, 0.25) is 5.91 Å². The van der Waals surface area contributed by atoms with Crippen LogP contribution in [0, 0.1) is 0 Å². The summed E-state index contributed by atoms with van der Waals surface area (Å²) in [6.07, 6.45) is 5.32. The predicted octanol–water partition coefficient (Wildman–Crippen LogP) is 2.72. The Morgan fingerprint density at radius 3 is 2.64 bits per heavy atom. The zero-order valence-corrected chi connectivity index (χ0v) is 12.0. The third-order valence-corrected chi connectivity index (χ3v) is 3.59. The number of carbonyl (C=O) groups excluding carboxylic acids is 1. The van der Waals surface area contributed by atoms with Gasteiger partial charge in [0.15, 0.2) is 0 Å². The SMILES string of the molecule is O=C(C=Cc1ccccc1OC(F)F)NC1CCC(O)CC1. The lowest BCUT2D eigenvalue weighted by atomic mass is 9.93. The first-order valence-corrected chi connectivity index (χ1v) is 7.25. The number of aliphatic hydroxyl groups is 1. The molecule has 2 rings (SSSR count). The summed E-state index contributed by atoms with van der Waals surface area (Å²) in [5.41, 5.74) is 0.414. The number of nitrogens with one attached hydrogen (secondary N) is 1. The van der Waals surface area contributed by atoms with Crippen molar-refractivity contribution in [1.82, 2.24) is 5.32 Å². The van der Waals surface area contributed by atoms with Crippen LogP contribution in [0.1, 0.15) is 31.2 Å². The van der Waals surface area contributed by atoms with Gasteiger partial charge >= 0.3 is 6.61 Å². The molecule has 1 aliphatic carbocycles. The van der Waals surface area contributed by atoms with Crippen LogP contribution in [0.4, 0.5) is 8.78 Å². The summed E-state index contributed by atoms with van der Waals surface area (Å²) in [5.74, 6) is -0.254. The first-order valence-electron chi connectivity index (χ1n) is 7.25. The Labute approximate surface area is 127 Å². The van der Waals surface area contributed by atoms with E-state index in [0.717, 1.165) is 12.8 Å². The minimum Gasteiger partial charge on any atom is -0.434 e. The fraction of sp³-hybridized carbons (Fsp3) is 0.438. The van der Waals surface area contributed by atoms with Crippen molar-refractivity contribution in [1.29, 1.82) is 0 Å². The molecule has 0 heterocycles. The fourth-order valence-electron chi connectivity index (χ4n) is 2.46. The Hall–Kier alpha value is -1.95. The Bertz CT molecular complexity index is 526. The predicted molar refractivity (Wildman–Crippen MR) is 78.5 cm³/mol. The van der Waals surface area contributed by atoms with E-state index in [1.54, 1.807) is 18.2 Å². The molecule has 0 unspecified atom stereocenters. The number of alkyl halides is 2. The van der Waals surface area contributed by atoms with E-state index in [-0.39, 0.29) is 23.8 Å². The van der Waals surface area contributed by atoms with Gasteiger partial charge in [0, 0.05) is 17.7 Å². The van der Waals surface area contributed by atoms with E-state index in [0.29, 0.717) is 18.4 Å². The summed E-state index contributed by atoms with van der Waals surface area (Å²) < 4.78 is 29.0. The second-order valence-corrected chi connectivity index (χ2v) is 5.26. The zero-order chi connectivity index (χ0) is 15.9. The molecule has 0 spiro atoms. The molecule has 0 bridgehead atoms. The molecule has 0 aliphatic heterocycles. The molecule has 1 aromatic carbocycles. The molecule has 120 valence electrons. The lowest BCUT2D eigenvalue weighted by Crippen LogP contribution is -2.37. The summed E-state index contributed by atoms with van der Waals surface area (Å²) in [6, 6.07) is 6.33.